The summed E-state index contributed by atoms with van der Waals surface area (Å²) in [5, 5.41) is 0. The largest absolute Gasteiger partial charge is 0.414 e. The highest BCUT2D eigenvalue weighted by Crippen LogP contribution is 2.66. The molecule has 5 nitrogen and oxygen atoms in total. The van der Waals surface area contributed by atoms with E-state index in [9.17, 15) is 13.6 Å². The lowest BCUT2D eigenvalue weighted by atomic mass is 9.70. The van der Waals surface area contributed by atoms with E-state index < -0.39 is 15.9 Å². The van der Waals surface area contributed by atoms with Crippen LogP contribution in [0.15, 0.2) is 0 Å². The minimum Gasteiger partial charge on any atom is -0.298 e. The standard InChI is InChI=1S/C10H16BrNO4S/c1-9(2)6-3-4-10(9,8(13)7(6)11)5-17(14,15)16-12/h6-7H,3-5,12H2,1-2H3/q+1/t6-,7+,10-/m1/s1. The Morgan fingerprint density at radius 2 is 2.18 bits per heavy atom. The van der Waals surface area contributed by atoms with Crippen LogP contribution in [0.25, 0.3) is 0 Å². The van der Waals surface area contributed by atoms with Crippen molar-refractivity contribution >= 4 is 32.2 Å². The molecule has 0 aromatic heterocycles. The molecule has 17 heavy (non-hydrogen) atoms. The zero-order valence-electron chi connectivity index (χ0n) is 9.77. The maximum absolute atomic E-state index is 12.3. The lowest BCUT2D eigenvalue weighted by Gasteiger charge is -2.33. The van der Waals surface area contributed by atoms with Crippen LogP contribution in [0.3, 0.4) is 0 Å². The molecule has 0 heterocycles. The summed E-state index contributed by atoms with van der Waals surface area (Å²) in [6.45, 7) is 3.91. The maximum atomic E-state index is 12.3. The molecule has 0 aromatic carbocycles. The highest BCUT2D eigenvalue weighted by Gasteiger charge is 2.72. The zero-order valence-corrected chi connectivity index (χ0v) is 12.2. The molecule has 2 aliphatic carbocycles. The van der Waals surface area contributed by atoms with Crippen molar-refractivity contribution in [1.82, 2.24) is 0 Å². The van der Waals surface area contributed by atoms with Gasteiger partial charge in [0, 0.05) is 0 Å². The third-order valence-corrected chi connectivity index (χ3v) is 6.88. The lowest BCUT2D eigenvalue weighted by molar-refractivity contribution is -0.127. The summed E-state index contributed by atoms with van der Waals surface area (Å²) >= 11 is 3.38. The van der Waals surface area contributed by atoms with Gasteiger partial charge in [0.1, 0.15) is 0 Å². The average molecular weight is 326 g/mol. The Hall–Kier alpha value is 0.180. The van der Waals surface area contributed by atoms with Gasteiger partial charge in [-0.2, -0.15) is 5.90 Å². The molecule has 1 radical (unpaired) electrons. The van der Waals surface area contributed by atoms with Crippen molar-refractivity contribution in [2.24, 2.45) is 22.6 Å². The van der Waals surface area contributed by atoms with Crippen LogP contribution in [0.1, 0.15) is 26.7 Å². The molecule has 4 atom stereocenters. The number of hydrogen-bond donors (Lipinski definition) is 1. The Morgan fingerprint density at radius 1 is 1.59 bits per heavy atom. The smallest absolute Gasteiger partial charge is 0.298 e. The van der Waals surface area contributed by atoms with E-state index in [-0.39, 0.29) is 27.7 Å². The van der Waals surface area contributed by atoms with Crippen molar-refractivity contribution in [1.29, 1.82) is 0 Å². The van der Waals surface area contributed by atoms with Crippen molar-refractivity contribution in [3.63, 3.8) is 0 Å². The van der Waals surface area contributed by atoms with E-state index in [4.69, 9.17) is 5.90 Å². The molecule has 2 fully saturated rings. The Labute approximate surface area is 110 Å². The van der Waals surface area contributed by atoms with Gasteiger partial charge < -0.3 is 0 Å². The topological polar surface area (TPSA) is 89.3 Å². The molecule has 2 bridgehead atoms. The molecule has 2 N–H and O–H groups in total. The Bertz CT molecular complexity index is 413. The van der Waals surface area contributed by atoms with Crippen LogP contribution in [-0.2, 0) is 28.3 Å². The van der Waals surface area contributed by atoms with E-state index >= 15 is 0 Å². The van der Waals surface area contributed by atoms with Gasteiger partial charge >= 0.3 is 10.5 Å². The number of Topliss-reactive ketones (excluding diaryl/α,β-unsaturated/α-hetero) is 1. The Morgan fingerprint density at radius 3 is 2.59 bits per heavy atom. The third-order valence-electron chi connectivity index (χ3n) is 4.69. The Kier molecular flexibility index (Phi) is 3.07. The Balaban J connectivity index is 2.42. The summed E-state index contributed by atoms with van der Waals surface area (Å²) in [6.07, 6.45) is 1.45. The molecular formula is C10H16BrNO4S+. The van der Waals surface area contributed by atoms with Crippen molar-refractivity contribution < 1.29 is 17.8 Å². The molecule has 1 unspecified atom stereocenters. The first-order chi connectivity index (χ1) is 7.68. The van der Waals surface area contributed by atoms with Crippen LogP contribution in [0, 0.1) is 16.7 Å². The van der Waals surface area contributed by atoms with Gasteiger partial charge in [0.2, 0.25) is 0 Å². The second-order valence-electron chi connectivity index (χ2n) is 5.51. The second kappa shape index (κ2) is 3.84. The fraction of sp³-hybridized carbons (Fsp3) is 0.900. The van der Waals surface area contributed by atoms with E-state index in [2.05, 4.69) is 20.2 Å². The van der Waals surface area contributed by atoms with E-state index in [1.54, 1.807) is 0 Å². The molecular weight excluding hydrogens is 310 g/mol. The van der Waals surface area contributed by atoms with Crippen molar-refractivity contribution in [2.45, 2.75) is 31.5 Å². The molecule has 0 aliphatic heterocycles. The normalized spacial score (nSPS) is 42.8. The number of halogens is 1. The van der Waals surface area contributed by atoms with Crippen LogP contribution >= 0.6 is 15.9 Å². The number of rotatable bonds is 3. The molecule has 0 saturated heterocycles. The van der Waals surface area contributed by atoms with E-state index in [1.165, 1.54) is 0 Å². The molecule has 2 rings (SSSR count). The minimum atomic E-state index is -3.84. The molecule has 97 valence electrons. The molecule has 0 amide bonds. The summed E-state index contributed by atoms with van der Waals surface area (Å²) in [5.41, 5.74) is -1.20. The number of carbonyl (C=O) groups excluding carboxylic acids is 1. The monoisotopic (exact) mass is 325 g/mol. The number of alkyl halides is 1. The molecule has 2 saturated carbocycles. The van der Waals surface area contributed by atoms with Crippen LogP contribution in [-0.4, -0.2) is 16.4 Å². The molecule has 0 aromatic rings. The molecule has 0 spiro atoms. The third kappa shape index (κ3) is 1.67. The predicted octanol–water partition coefficient (Wildman–Crippen LogP) is 1.41. The van der Waals surface area contributed by atoms with E-state index in [0.29, 0.717) is 6.42 Å². The van der Waals surface area contributed by atoms with E-state index in [0.717, 1.165) is 6.42 Å². The number of fused-ring (bicyclic) bond motifs is 2. The fourth-order valence-corrected chi connectivity index (χ4v) is 6.20. The summed E-state index contributed by atoms with van der Waals surface area (Å²) < 4.78 is 27.2. The first-order valence-corrected chi connectivity index (χ1v) is 7.97. The highest BCUT2D eigenvalue weighted by molar-refractivity contribution is 9.10. The van der Waals surface area contributed by atoms with Gasteiger partial charge in [-0.3, -0.25) is 4.79 Å². The molecule has 7 heteroatoms. The average Bonchev–Trinajstić information content (AvgIpc) is 2.54. The fourth-order valence-electron chi connectivity index (χ4n) is 3.50. The first kappa shape index (κ1) is 13.6. The van der Waals surface area contributed by atoms with Gasteiger partial charge in [-0.25, -0.2) is 0 Å². The quantitative estimate of drug-likeness (QED) is 0.482. The predicted molar refractivity (Wildman–Crippen MR) is 65.5 cm³/mol. The van der Waals surface area contributed by atoms with E-state index in [1.807, 2.05) is 13.8 Å². The van der Waals surface area contributed by atoms with Gasteiger partial charge in [0.05, 0.1) is 14.8 Å². The van der Waals surface area contributed by atoms with Crippen molar-refractivity contribution in [3.05, 3.63) is 0 Å². The van der Waals surface area contributed by atoms with Gasteiger partial charge in [0.15, 0.2) is 11.5 Å². The highest BCUT2D eigenvalue weighted by atomic mass is 79.9. The minimum absolute atomic E-state index is 0.0284. The second-order valence-corrected chi connectivity index (χ2v) is 8.10. The zero-order chi connectivity index (χ0) is 13.1. The maximum Gasteiger partial charge on any atom is 0.414 e. The summed E-state index contributed by atoms with van der Waals surface area (Å²) in [7, 11) is -3.84. The lowest BCUT2D eigenvalue weighted by Crippen LogP contribution is -2.45. The van der Waals surface area contributed by atoms with Gasteiger partial charge in [-0.15, -0.1) is 0 Å². The number of ketones is 1. The SMILES string of the molecule is CC1(C)[C@@H]2CC[C@@]1(C[S+]([O])(=O)ON)C(=O)[C@H]2Br. The summed E-state index contributed by atoms with van der Waals surface area (Å²) in [6, 6.07) is 0. The van der Waals surface area contributed by atoms with Crippen molar-refractivity contribution in [2.75, 3.05) is 5.75 Å². The van der Waals surface area contributed by atoms with Crippen LogP contribution in [0.5, 0.6) is 0 Å². The number of carbonyl (C=O) groups is 1. The van der Waals surface area contributed by atoms with Gasteiger partial charge in [-0.1, -0.05) is 29.8 Å². The first-order valence-electron chi connectivity index (χ1n) is 5.47. The van der Waals surface area contributed by atoms with Crippen LogP contribution in [0.2, 0.25) is 0 Å². The summed E-state index contributed by atoms with van der Waals surface area (Å²) in [4.78, 5) is 12.0. The van der Waals surface area contributed by atoms with Crippen molar-refractivity contribution in [3.8, 4) is 0 Å². The summed E-state index contributed by atoms with van der Waals surface area (Å²) in [5.74, 6) is 4.61. The number of hydrogen-bond acceptors (Lipinski definition) is 4. The van der Waals surface area contributed by atoms with Gasteiger partial charge in [0.25, 0.3) is 0 Å². The van der Waals surface area contributed by atoms with Gasteiger partial charge in [-0.05, 0) is 32.7 Å². The molecule has 2 aliphatic rings. The van der Waals surface area contributed by atoms with Crippen LogP contribution < -0.4 is 5.90 Å². The van der Waals surface area contributed by atoms with Crippen LogP contribution in [0.4, 0.5) is 0 Å². The number of nitrogens with two attached hydrogens (primary N) is 1.